The predicted octanol–water partition coefficient (Wildman–Crippen LogP) is 1.50. The number of carbonyl (C=O) groups is 2. The number of anilines is 1. The highest BCUT2D eigenvalue weighted by atomic mass is 32.1. The molecule has 0 atom stereocenters. The van der Waals surface area contributed by atoms with Crippen LogP contribution in [0.3, 0.4) is 0 Å². The van der Waals surface area contributed by atoms with Crippen LogP contribution in [0.2, 0.25) is 0 Å². The molecule has 0 aliphatic carbocycles. The van der Waals surface area contributed by atoms with E-state index in [2.05, 4.69) is 14.8 Å². The standard InChI is InChI=1S/C18H31N5O2S/c1-5-22(6-2)17(25)13-21-10-8-20(9-11-21)12-16-14-26-18(19-16)23(7-3)15(4)24/h14H,5-13H2,1-4H3. The third-order valence-corrected chi connectivity index (χ3v) is 5.70. The molecule has 1 fully saturated rings. The Labute approximate surface area is 160 Å². The van der Waals surface area contributed by atoms with Crippen molar-refractivity contribution >= 4 is 28.3 Å². The summed E-state index contributed by atoms with van der Waals surface area (Å²) in [6.45, 7) is 14.7. The van der Waals surface area contributed by atoms with Gasteiger partial charge in [-0.3, -0.25) is 24.3 Å². The van der Waals surface area contributed by atoms with Gasteiger partial charge in [-0.05, 0) is 20.8 Å². The highest BCUT2D eigenvalue weighted by Crippen LogP contribution is 2.21. The second-order valence-corrected chi connectivity index (χ2v) is 7.34. The van der Waals surface area contributed by atoms with Crippen molar-refractivity contribution in [2.45, 2.75) is 34.2 Å². The van der Waals surface area contributed by atoms with Gasteiger partial charge in [0, 0.05) is 64.7 Å². The summed E-state index contributed by atoms with van der Waals surface area (Å²) in [5, 5.41) is 2.82. The zero-order valence-electron chi connectivity index (χ0n) is 16.4. The Morgan fingerprint density at radius 3 is 2.23 bits per heavy atom. The van der Waals surface area contributed by atoms with Gasteiger partial charge in [0.05, 0.1) is 12.2 Å². The molecule has 0 aromatic carbocycles. The van der Waals surface area contributed by atoms with E-state index in [0.29, 0.717) is 13.1 Å². The van der Waals surface area contributed by atoms with Gasteiger partial charge in [0.25, 0.3) is 0 Å². The van der Waals surface area contributed by atoms with Crippen molar-refractivity contribution in [3.63, 3.8) is 0 Å². The van der Waals surface area contributed by atoms with Crippen molar-refractivity contribution < 1.29 is 9.59 Å². The normalized spacial score (nSPS) is 15.8. The van der Waals surface area contributed by atoms with Crippen molar-refractivity contribution in [2.24, 2.45) is 0 Å². The molecule has 0 radical (unpaired) electrons. The highest BCUT2D eigenvalue weighted by molar-refractivity contribution is 7.14. The zero-order chi connectivity index (χ0) is 19.1. The first-order valence-corrected chi connectivity index (χ1v) is 10.3. The number of carbonyl (C=O) groups excluding carboxylic acids is 2. The van der Waals surface area contributed by atoms with Gasteiger partial charge >= 0.3 is 0 Å². The van der Waals surface area contributed by atoms with Gasteiger partial charge in [0.2, 0.25) is 11.8 Å². The third-order valence-electron chi connectivity index (χ3n) is 4.79. The molecule has 26 heavy (non-hydrogen) atoms. The van der Waals surface area contributed by atoms with Gasteiger partial charge in [0.1, 0.15) is 0 Å². The number of likely N-dealkylation sites (N-methyl/N-ethyl adjacent to an activating group) is 1. The molecule has 0 N–H and O–H groups in total. The maximum atomic E-state index is 12.2. The molecule has 1 aliphatic heterocycles. The number of thiazole rings is 1. The lowest BCUT2D eigenvalue weighted by Crippen LogP contribution is -2.49. The van der Waals surface area contributed by atoms with Crippen molar-refractivity contribution in [3.05, 3.63) is 11.1 Å². The maximum Gasteiger partial charge on any atom is 0.236 e. The third kappa shape index (κ3) is 5.49. The monoisotopic (exact) mass is 381 g/mol. The Balaban J connectivity index is 1.81. The number of aromatic nitrogens is 1. The van der Waals surface area contributed by atoms with Gasteiger partial charge < -0.3 is 4.90 Å². The molecule has 0 saturated carbocycles. The van der Waals surface area contributed by atoms with Crippen LogP contribution in [0.5, 0.6) is 0 Å². The second-order valence-electron chi connectivity index (χ2n) is 6.50. The summed E-state index contributed by atoms with van der Waals surface area (Å²) in [4.78, 5) is 36.7. The SMILES string of the molecule is CCN(CC)C(=O)CN1CCN(Cc2csc(N(CC)C(C)=O)n2)CC1. The van der Waals surface area contributed by atoms with Gasteiger partial charge in [-0.1, -0.05) is 0 Å². The lowest BCUT2D eigenvalue weighted by molar-refractivity contribution is -0.132. The Kier molecular flexibility index (Phi) is 7.99. The first-order chi connectivity index (χ1) is 12.5. The fourth-order valence-corrected chi connectivity index (χ4v) is 4.11. The molecular formula is C18H31N5O2S. The van der Waals surface area contributed by atoms with Crippen molar-refractivity contribution in [3.8, 4) is 0 Å². The van der Waals surface area contributed by atoms with Crippen LogP contribution in [0.25, 0.3) is 0 Å². The van der Waals surface area contributed by atoms with Crippen LogP contribution in [-0.4, -0.2) is 83.9 Å². The molecule has 2 amide bonds. The zero-order valence-corrected chi connectivity index (χ0v) is 17.2. The van der Waals surface area contributed by atoms with Crippen molar-refractivity contribution in [1.29, 1.82) is 0 Å². The minimum Gasteiger partial charge on any atom is -0.342 e. The molecule has 1 aromatic heterocycles. The highest BCUT2D eigenvalue weighted by Gasteiger charge is 2.22. The Bertz CT molecular complexity index is 594. The number of hydrogen-bond acceptors (Lipinski definition) is 6. The van der Waals surface area contributed by atoms with Crippen LogP contribution in [0.4, 0.5) is 5.13 Å². The lowest BCUT2D eigenvalue weighted by Gasteiger charge is -2.34. The largest absolute Gasteiger partial charge is 0.342 e. The summed E-state index contributed by atoms with van der Waals surface area (Å²) in [5.74, 6) is 0.247. The Hall–Kier alpha value is -1.51. The molecule has 8 heteroatoms. The molecular weight excluding hydrogens is 350 g/mol. The lowest BCUT2D eigenvalue weighted by atomic mass is 10.3. The minimum absolute atomic E-state index is 0.0277. The van der Waals surface area contributed by atoms with E-state index < -0.39 is 0 Å². The van der Waals surface area contributed by atoms with Crippen molar-refractivity contribution in [2.75, 3.05) is 57.3 Å². The minimum atomic E-state index is 0.0277. The Morgan fingerprint density at radius 2 is 1.69 bits per heavy atom. The molecule has 0 spiro atoms. The fraction of sp³-hybridized carbons (Fsp3) is 0.722. The number of rotatable bonds is 8. The second kappa shape index (κ2) is 9.99. The summed E-state index contributed by atoms with van der Waals surface area (Å²) in [6, 6.07) is 0. The average molecular weight is 382 g/mol. The van der Waals surface area contributed by atoms with E-state index in [1.165, 1.54) is 11.3 Å². The molecule has 0 unspecified atom stereocenters. The van der Waals surface area contributed by atoms with E-state index in [-0.39, 0.29) is 11.8 Å². The van der Waals surface area contributed by atoms with Gasteiger partial charge in [0.15, 0.2) is 5.13 Å². The summed E-state index contributed by atoms with van der Waals surface area (Å²) < 4.78 is 0. The van der Waals surface area contributed by atoms with E-state index >= 15 is 0 Å². The molecule has 0 bridgehead atoms. The average Bonchev–Trinajstić information content (AvgIpc) is 3.06. The number of piperazine rings is 1. The number of hydrogen-bond donors (Lipinski definition) is 0. The molecule has 2 rings (SSSR count). The van der Waals surface area contributed by atoms with Gasteiger partial charge in [-0.25, -0.2) is 4.98 Å². The first-order valence-electron chi connectivity index (χ1n) is 9.43. The van der Waals surface area contributed by atoms with E-state index in [1.807, 2.05) is 31.1 Å². The quantitative estimate of drug-likeness (QED) is 0.683. The van der Waals surface area contributed by atoms with E-state index in [0.717, 1.165) is 56.6 Å². The fourth-order valence-electron chi connectivity index (χ4n) is 3.19. The van der Waals surface area contributed by atoms with Gasteiger partial charge in [-0.15, -0.1) is 11.3 Å². The predicted molar refractivity (Wildman–Crippen MR) is 105 cm³/mol. The summed E-state index contributed by atoms with van der Waals surface area (Å²) in [6.07, 6.45) is 0. The molecule has 2 heterocycles. The summed E-state index contributed by atoms with van der Waals surface area (Å²) >= 11 is 1.52. The maximum absolute atomic E-state index is 12.2. The van der Waals surface area contributed by atoms with Crippen LogP contribution in [-0.2, 0) is 16.1 Å². The van der Waals surface area contributed by atoms with Gasteiger partial charge in [-0.2, -0.15) is 0 Å². The smallest absolute Gasteiger partial charge is 0.236 e. The van der Waals surface area contributed by atoms with Crippen LogP contribution in [0.1, 0.15) is 33.4 Å². The van der Waals surface area contributed by atoms with Crippen LogP contribution >= 0.6 is 11.3 Å². The molecule has 1 aromatic rings. The molecule has 7 nitrogen and oxygen atoms in total. The van der Waals surface area contributed by atoms with E-state index in [9.17, 15) is 9.59 Å². The molecule has 146 valence electrons. The van der Waals surface area contributed by atoms with Crippen LogP contribution in [0, 0.1) is 0 Å². The molecule has 1 aliphatic rings. The van der Waals surface area contributed by atoms with Crippen LogP contribution < -0.4 is 4.90 Å². The molecule has 1 saturated heterocycles. The summed E-state index contributed by atoms with van der Waals surface area (Å²) in [5.41, 5.74) is 1.01. The number of amides is 2. The number of nitrogens with zero attached hydrogens (tertiary/aromatic N) is 5. The topological polar surface area (TPSA) is 60.0 Å². The summed E-state index contributed by atoms with van der Waals surface area (Å²) in [7, 11) is 0. The Morgan fingerprint density at radius 1 is 1.08 bits per heavy atom. The van der Waals surface area contributed by atoms with E-state index in [1.54, 1.807) is 11.8 Å². The first kappa shape index (κ1) is 20.8. The van der Waals surface area contributed by atoms with E-state index in [4.69, 9.17) is 0 Å². The van der Waals surface area contributed by atoms with Crippen molar-refractivity contribution in [1.82, 2.24) is 19.7 Å². The van der Waals surface area contributed by atoms with Crippen LogP contribution in [0.15, 0.2) is 5.38 Å².